The summed E-state index contributed by atoms with van der Waals surface area (Å²) >= 11 is 0. The molecule has 0 amide bonds. The minimum absolute atomic E-state index is 0.213. The zero-order valence-electron chi connectivity index (χ0n) is 9.20. The van der Waals surface area contributed by atoms with E-state index in [1.807, 2.05) is 0 Å². The lowest BCUT2D eigenvalue weighted by Crippen LogP contribution is -2.07. The monoisotopic (exact) mass is 198 g/mol. The van der Waals surface area contributed by atoms with Crippen LogP contribution in [0.15, 0.2) is 0 Å². The van der Waals surface area contributed by atoms with Crippen molar-refractivity contribution in [2.24, 2.45) is 5.41 Å². The highest BCUT2D eigenvalue weighted by Gasteiger charge is 2.04. The maximum absolute atomic E-state index is 3.47. The van der Waals surface area contributed by atoms with Gasteiger partial charge in [0, 0.05) is 14.9 Å². The standard InChI is InChI=1S/C10H22Si2/c1-10(2,3)6-8-12(5)9-7-11-4/h12H,7,9,11H2,1-5H3. The SMILES string of the molecule is C[SiH2]CC[SiH](C)C#CC(C)(C)C. The summed E-state index contributed by atoms with van der Waals surface area (Å²) in [6.07, 6.45) is 0. The van der Waals surface area contributed by atoms with Crippen LogP contribution in [-0.2, 0) is 0 Å². The predicted molar refractivity (Wildman–Crippen MR) is 64.3 cm³/mol. The summed E-state index contributed by atoms with van der Waals surface area (Å²) < 4.78 is 0. The number of hydrogen-bond acceptors (Lipinski definition) is 0. The average Bonchev–Trinajstić information content (AvgIpc) is 1.95. The van der Waals surface area contributed by atoms with Gasteiger partial charge in [-0.05, 0) is 20.8 Å². The first-order valence-electron chi connectivity index (χ1n) is 4.98. The van der Waals surface area contributed by atoms with E-state index in [1.54, 1.807) is 0 Å². The van der Waals surface area contributed by atoms with Crippen molar-refractivity contribution in [1.29, 1.82) is 0 Å². The van der Waals surface area contributed by atoms with E-state index in [2.05, 4.69) is 45.3 Å². The van der Waals surface area contributed by atoms with Gasteiger partial charge in [-0.3, -0.25) is 0 Å². The zero-order valence-corrected chi connectivity index (χ0v) is 11.8. The van der Waals surface area contributed by atoms with E-state index < -0.39 is 8.80 Å². The van der Waals surface area contributed by atoms with E-state index in [1.165, 1.54) is 12.1 Å². The van der Waals surface area contributed by atoms with Crippen LogP contribution in [0.3, 0.4) is 0 Å². The Labute approximate surface area is 81.6 Å². The summed E-state index contributed by atoms with van der Waals surface area (Å²) in [4.78, 5) is 0. The lowest BCUT2D eigenvalue weighted by molar-refractivity contribution is 0.571. The molecule has 0 nitrogen and oxygen atoms in total. The third-order valence-electron chi connectivity index (χ3n) is 1.68. The van der Waals surface area contributed by atoms with Crippen molar-refractivity contribution in [1.82, 2.24) is 0 Å². The molecule has 0 N–H and O–H groups in total. The maximum atomic E-state index is 3.47. The van der Waals surface area contributed by atoms with Gasteiger partial charge in [0.05, 0.1) is 0 Å². The van der Waals surface area contributed by atoms with Crippen LogP contribution in [0, 0.1) is 16.9 Å². The van der Waals surface area contributed by atoms with Gasteiger partial charge in [-0.2, -0.15) is 0 Å². The lowest BCUT2D eigenvalue weighted by Gasteiger charge is -2.08. The molecule has 0 saturated carbocycles. The molecular formula is C10H22Si2. The van der Waals surface area contributed by atoms with E-state index in [-0.39, 0.29) is 14.9 Å². The van der Waals surface area contributed by atoms with Crippen LogP contribution < -0.4 is 0 Å². The highest BCUT2D eigenvalue weighted by molar-refractivity contribution is 6.67. The molecule has 0 aliphatic heterocycles. The molecule has 0 aromatic rings. The topological polar surface area (TPSA) is 0 Å². The molecule has 1 unspecified atom stereocenters. The Bertz CT molecular complexity index is 169. The molecular weight excluding hydrogens is 176 g/mol. The number of rotatable bonds is 3. The molecule has 0 saturated heterocycles. The summed E-state index contributed by atoms with van der Waals surface area (Å²) in [6.45, 7) is 11.3. The van der Waals surface area contributed by atoms with Crippen molar-refractivity contribution >= 4 is 18.3 Å². The summed E-state index contributed by atoms with van der Waals surface area (Å²) in [5, 5.41) is 0. The molecule has 12 heavy (non-hydrogen) atoms. The first kappa shape index (κ1) is 12.0. The molecule has 1 atom stereocenters. The fraction of sp³-hybridized carbons (Fsp3) is 0.800. The van der Waals surface area contributed by atoms with Gasteiger partial charge in [0.15, 0.2) is 0 Å². The molecule has 0 spiro atoms. The van der Waals surface area contributed by atoms with Crippen molar-refractivity contribution in [2.45, 2.75) is 46.0 Å². The molecule has 0 fully saturated rings. The van der Waals surface area contributed by atoms with Gasteiger partial charge in [-0.15, -0.1) is 11.5 Å². The Kier molecular flexibility index (Phi) is 5.60. The van der Waals surface area contributed by atoms with Gasteiger partial charge in [-0.25, -0.2) is 0 Å². The van der Waals surface area contributed by atoms with Gasteiger partial charge >= 0.3 is 0 Å². The Morgan fingerprint density at radius 2 is 1.92 bits per heavy atom. The van der Waals surface area contributed by atoms with Crippen LogP contribution in [0.25, 0.3) is 0 Å². The van der Waals surface area contributed by atoms with E-state index in [4.69, 9.17) is 0 Å². The molecule has 0 aliphatic rings. The Balaban J connectivity index is 3.79. The lowest BCUT2D eigenvalue weighted by atomic mass is 9.99. The summed E-state index contributed by atoms with van der Waals surface area (Å²) in [7, 11) is -0.359. The zero-order chi connectivity index (χ0) is 9.61. The van der Waals surface area contributed by atoms with Gasteiger partial charge in [0.25, 0.3) is 0 Å². The third kappa shape index (κ3) is 8.09. The minimum Gasteiger partial charge on any atom is -0.135 e. The number of hydrogen-bond donors (Lipinski definition) is 0. The first-order chi connectivity index (χ1) is 5.45. The first-order valence-corrected chi connectivity index (χ1v) is 9.94. The molecule has 0 rings (SSSR count). The molecule has 0 radical (unpaired) electrons. The van der Waals surface area contributed by atoms with Crippen LogP contribution in [0.1, 0.15) is 20.8 Å². The highest BCUT2D eigenvalue weighted by atomic mass is 28.3. The molecule has 0 aliphatic carbocycles. The van der Waals surface area contributed by atoms with Crippen LogP contribution in [0.5, 0.6) is 0 Å². The van der Waals surface area contributed by atoms with Crippen LogP contribution >= 0.6 is 0 Å². The van der Waals surface area contributed by atoms with E-state index in [0.717, 1.165) is 0 Å². The molecule has 0 aromatic carbocycles. The second-order valence-corrected chi connectivity index (χ2v) is 8.94. The van der Waals surface area contributed by atoms with Crippen molar-refractivity contribution in [3.8, 4) is 11.5 Å². The summed E-state index contributed by atoms with van der Waals surface area (Å²) in [5.74, 6) is 3.36. The summed E-state index contributed by atoms with van der Waals surface area (Å²) in [6, 6.07) is 2.96. The molecule has 0 heterocycles. The van der Waals surface area contributed by atoms with Gasteiger partial charge < -0.3 is 0 Å². The predicted octanol–water partition coefficient (Wildman–Crippen LogP) is 2.07. The van der Waals surface area contributed by atoms with Crippen molar-refractivity contribution in [3.05, 3.63) is 0 Å². The Hall–Kier alpha value is -0.00623. The second kappa shape index (κ2) is 5.61. The Morgan fingerprint density at radius 3 is 2.33 bits per heavy atom. The fourth-order valence-corrected chi connectivity index (χ4v) is 5.83. The largest absolute Gasteiger partial charge is 0.135 e. The van der Waals surface area contributed by atoms with E-state index in [9.17, 15) is 0 Å². The van der Waals surface area contributed by atoms with Crippen LogP contribution in [0.4, 0.5) is 0 Å². The molecule has 70 valence electrons. The summed E-state index contributed by atoms with van der Waals surface area (Å²) in [5.41, 5.74) is 3.68. The van der Waals surface area contributed by atoms with Gasteiger partial charge in [0.1, 0.15) is 8.80 Å². The van der Waals surface area contributed by atoms with E-state index in [0.29, 0.717) is 0 Å². The average molecular weight is 198 g/mol. The minimum atomic E-state index is -0.646. The molecule has 0 aromatic heterocycles. The van der Waals surface area contributed by atoms with Crippen LogP contribution in [0.2, 0.25) is 25.2 Å². The second-order valence-electron chi connectivity index (χ2n) is 4.56. The molecule has 0 bridgehead atoms. The fourth-order valence-electron chi connectivity index (χ4n) is 0.922. The van der Waals surface area contributed by atoms with Crippen molar-refractivity contribution < 1.29 is 0 Å². The van der Waals surface area contributed by atoms with Crippen molar-refractivity contribution in [3.63, 3.8) is 0 Å². The van der Waals surface area contributed by atoms with Gasteiger partial charge in [-0.1, -0.05) is 25.2 Å². The third-order valence-corrected chi connectivity index (χ3v) is 5.53. The quantitative estimate of drug-likeness (QED) is 0.481. The molecule has 2 heteroatoms. The van der Waals surface area contributed by atoms with Gasteiger partial charge in [0.2, 0.25) is 0 Å². The maximum Gasteiger partial charge on any atom is 0.119 e. The van der Waals surface area contributed by atoms with E-state index >= 15 is 0 Å². The normalized spacial score (nSPS) is 14.4. The smallest absolute Gasteiger partial charge is 0.119 e. The Morgan fingerprint density at radius 1 is 1.33 bits per heavy atom. The van der Waals surface area contributed by atoms with Crippen molar-refractivity contribution in [2.75, 3.05) is 0 Å². The van der Waals surface area contributed by atoms with Crippen LogP contribution in [-0.4, -0.2) is 18.3 Å². The highest BCUT2D eigenvalue weighted by Crippen LogP contribution is 2.10.